The average Bonchev–Trinajstić information content (AvgIpc) is 3.24. The van der Waals surface area contributed by atoms with Crippen molar-refractivity contribution in [3.63, 3.8) is 0 Å². The minimum atomic E-state index is 0. The van der Waals surface area contributed by atoms with Crippen LogP contribution in [0.2, 0.25) is 0 Å². The molecule has 2 N–H and O–H groups in total. The van der Waals surface area contributed by atoms with Crippen LogP contribution in [-0.4, -0.2) is 10.1 Å². The van der Waals surface area contributed by atoms with Crippen molar-refractivity contribution in [2.24, 2.45) is 5.73 Å². The zero-order valence-electron chi connectivity index (χ0n) is 13.4. The largest absolute Gasteiger partial charge is 0.339 e. The third-order valence-electron chi connectivity index (χ3n) is 4.43. The molecule has 1 aliphatic carbocycles. The average molecular weight is 342 g/mol. The number of nitrogens with zero attached hydrogens (tertiary/aromatic N) is 2. The van der Waals surface area contributed by atoms with Gasteiger partial charge in [-0.15, -0.1) is 12.4 Å². The van der Waals surface area contributed by atoms with E-state index in [9.17, 15) is 0 Å². The maximum Gasteiger partial charge on any atom is 0.231 e. The van der Waals surface area contributed by atoms with Crippen molar-refractivity contribution in [1.82, 2.24) is 10.1 Å². The van der Waals surface area contributed by atoms with Gasteiger partial charge in [0.25, 0.3) is 0 Å². The fraction of sp³-hybridized carbons (Fsp3) is 0.263. The van der Waals surface area contributed by atoms with Crippen LogP contribution in [0.25, 0.3) is 11.4 Å². The SMILES string of the molecule is Cl.NCc1ccc(-c2noc(Cc3ccc4c(c3)CCC4)n2)cc1. The minimum Gasteiger partial charge on any atom is -0.339 e. The molecule has 24 heavy (non-hydrogen) atoms. The molecular weight excluding hydrogens is 322 g/mol. The van der Waals surface area contributed by atoms with Crippen molar-refractivity contribution in [2.75, 3.05) is 0 Å². The van der Waals surface area contributed by atoms with E-state index >= 15 is 0 Å². The highest BCUT2D eigenvalue weighted by Crippen LogP contribution is 2.24. The van der Waals surface area contributed by atoms with Gasteiger partial charge in [-0.3, -0.25) is 0 Å². The number of hydrogen-bond acceptors (Lipinski definition) is 4. The van der Waals surface area contributed by atoms with Crippen LogP contribution in [0.3, 0.4) is 0 Å². The number of aryl methyl sites for hydroxylation is 2. The van der Waals surface area contributed by atoms with E-state index in [4.69, 9.17) is 10.3 Å². The molecule has 0 saturated carbocycles. The first-order valence-corrected chi connectivity index (χ1v) is 8.04. The lowest BCUT2D eigenvalue weighted by molar-refractivity contribution is 0.385. The van der Waals surface area contributed by atoms with Gasteiger partial charge >= 0.3 is 0 Å². The third kappa shape index (κ3) is 3.35. The number of benzene rings is 2. The summed E-state index contributed by atoms with van der Waals surface area (Å²) in [6.07, 6.45) is 4.34. The standard InChI is InChI=1S/C19H19N3O.ClH/c20-12-13-4-8-16(9-5-13)19-21-18(23-22-19)11-14-6-7-15-2-1-3-17(15)10-14;/h4-10H,1-3,11-12,20H2;1H. The van der Waals surface area contributed by atoms with Gasteiger partial charge in [0.2, 0.25) is 11.7 Å². The Hall–Kier alpha value is -2.17. The van der Waals surface area contributed by atoms with Gasteiger partial charge in [-0.05, 0) is 41.5 Å². The molecule has 1 heterocycles. The molecule has 4 nitrogen and oxygen atoms in total. The molecular formula is C19H20ClN3O. The molecule has 0 aliphatic heterocycles. The first kappa shape index (κ1) is 16.7. The van der Waals surface area contributed by atoms with E-state index in [0.29, 0.717) is 24.7 Å². The number of aromatic nitrogens is 2. The van der Waals surface area contributed by atoms with Crippen molar-refractivity contribution in [2.45, 2.75) is 32.2 Å². The third-order valence-corrected chi connectivity index (χ3v) is 4.43. The topological polar surface area (TPSA) is 64.9 Å². The number of hydrogen-bond donors (Lipinski definition) is 1. The van der Waals surface area contributed by atoms with Crippen LogP contribution in [0.4, 0.5) is 0 Å². The van der Waals surface area contributed by atoms with Crippen molar-refractivity contribution in [3.05, 3.63) is 70.6 Å². The Balaban J connectivity index is 0.00000169. The Morgan fingerprint density at radius 1 is 0.958 bits per heavy atom. The molecule has 1 aromatic heterocycles. The summed E-state index contributed by atoms with van der Waals surface area (Å²) in [6, 6.07) is 14.6. The quantitative estimate of drug-likeness (QED) is 0.785. The maximum atomic E-state index is 5.62. The van der Waals surface area contributed by atoms with Crippen molar-refractivity contribution in [3.8, 4) is 11.4 Å². The van der Waals surface area contributed by atoms with Crippen LogP contribution in [0.5, 0.6) is 0 Å². The molecule has 0 saturated heterocycles. The molecule has 0 radical (unpaired) electrons. The molecule has 0 bridgehead atoms. The summed E-state index contributed by atoms with van der Waals surface area (Å²) in [5.74, 6) is 1.28. The van der Waals surface area contributed by atoms with Crippen LogP contribution in [0, 0.1) is 0 Å². The molecule has 1 aliphatic rings. The summed E-state index contributed by atoms with van der Waals surface area (Å²) in [7, 11) is 0. The second-order valence-corrected chi connectivity index (χ2v) is 6.05. The van der Waals surface area contributed by atoms with Gasteiger partial charge in [0.05, 0.1) is 6.42 Å². The lowest BCUT2D eigenvalue weighted by atomic mass is 10.0. The maximum absolute atomic E-state index is 5.62. The van der Waals surface area contributed by atoms with Gasteiger partial charge in [-0.2, -0.15) is 4.98 Å². The Morgan fingerprint density at radius 3 is 2.50 bits per heavy atom. The van der Waals surface area contributed by atoms with Gasteiger partial charge < -0.3 is 10.3 Å². The Bertz CT molecular complexity index is 827. The predicted octanol–water partition coefficient (Wildman–Crippen LogP) is 3.70. The lowest BCUT2D eigenvalue weighted by Gasteiger charge is -2.02. The Morgan fingerprint density at radius 2 is 1.71 bits per heavy atom. The highest BCUT2D eigenvalue weighted by atomic mass is 35.5. The summed E-state index contributed by atoms with van der Waals surface area (Å²) in [5.41, 5.74) is 11.9. The number of rotatable bonds is 4. The molecule has 5 heteroatoms. The van der Waals surface area contributed by atoms with Gasteiger partial charge in [0, 0.05) is 12.1 Å². The first-order chi connectivity index (χ1) is 11.3. The lowest BCUT2D eigenvalue weighted by Crippen LogP contribution is -1.95. The van der Waals surface area contributed by atoms with Gasteiger partial charge in [-0.1, -0.05) is 47.6 Å². The zero-order valence-corrected chi connectivity index (χ0v) is 14.2. The number of nitrogens with two attached hydrogens (primary N) is 1. The molecule has 3 aromatic rings. The van der Waals surface area contributed by atoms with Crippen LogP contribution < -0.4 is 5.73 Å². The smallest absolute Gasteiger partial charge is 0.231 e. The second-order valence-electron chi connectivity index (χ2n) is 6.05. The highest BCUT2D eigenvalue weighted by Gasteiger charge is 2.13. The van der Waals surface area contributed by atoms with E-state index in [1.54, 1.807) is 0 Å². The summed E-state index contributed by atoms with van der Waals surface area (Å²) in [6.45, 7) is 0.538. The predicted molar refractivity (Wildman–Crippen MR) is 96.1 cm³/mol. The van der Waals surface area contributed by atoms with Gasteiger partial charge in [0.1, 0.15) is 0 Å². The molecule has 0 fully saturated rings. The minimum absolute atomic E-state index is 0. The number of fused-ring (bicyclic) bond motifs is 1. The van der Waals surface area contributed by atoms with E-state index < -0.39 is 0 Å². The molecule has 0 amide bonds. The van der Waals surface area contributed by atoms with E-state index in [1.807, 2.05) is 24.3 Å². The molecule has 4 rings (SSSR count). The first-order valence-electron chi connectivity index (χ1n) is 8.04. The molecule has 2 aromatic carbocycles. The van der Waals surface area contributed by atoms with Crippen molar-refractivity contribution in [1.29, 1.82) is 0 Å². The fourth-order valence-corrected chi connectivity index (χ4v) is 3.14. The van der Waals surface area contributed by atoms with Gasteiger partial charge in [-0.25, -0.2) is 0 Å². The molecule has 0 atom stereocenters. The van der Waals surface area contributed by atoms with Crippen LogP contribution in [0.1, 0.15) is 34.6 Å². The Labute approximate surface area is 147 Å². The van der Waals surface area contributed by atoms with Gasteiger partial charge in [0.15, 0.2) is 0 Å². The van der Waals surface area contributed by atoms with E-state index in [1.165, 1.54) is 36.0 Å². The Kier molecular flexibility index (Phi) is 4.97. The second kappa shape index (κ2) is 7.16. The van der Waals surface area contributed by atoms with Crippen LogP contribution in [0.15, 0.2) is 47.0 Å². The monoisotopic (exact) mass is 341 g/mol. The van der Waals surface area contributed by atoms with E-state index in [2.05, 4.69) is 28.3 Å². The molecule has 0 unspecified atom stereocenters. The molecule has 0 spiro atoms. The summed E-state index contributed by atoms with van der Waals surface area (Å²) in [4.78, 5) is 4.52. The summed E-state index contributed by atoms with van der Waals surface area (Å²) < 4.78 is 5.41. The zero-order chi connectivity index (χ0) is 15.6. The van der Waals surface area contributed by atoms with Crippen molar-refractivity contribution >= 4 is 12.4 Å². The van der Waals surface area contributed by atoms with Crippen molar-refractivity contribution < 1.29 is 4.52 Å². The number of halogens is 1. The summed E-state index contributed by atoms with van der Waals surface area (Å²) >= 11 is 0. The normalized spacial score (nSPS) is 12.7. The highest BCUT2D eigenvalue weighted by molar-refractivity contribution is 5.85. The van der Waals surface area contributed by atoms with E-state index in [-0.39, 0.29) is 12.4 Å². The van der Waals surface area contributed by atoms with Crippen LogP contribution >= 0.6 is 12.4 Å². The fourth-order valence-electron chi connectivity index (χ4n) is 3.14. The summed E-state index contributed by atoms with van der Waals surface area (Å²) in [5, 5.41) is 4.09. The molecule has 124 valence electrons. The van der Waals surface area contributed by atoms with Crippen LogP contribution in [-0.2, 0) is 25.8 Å². The van der Waals surface area contributed by atoms with E-state index in [0.717, 1.165) is 11.1 Å².